The molecule has 1 spiro atoms. The van der Waals surface area contributed by atoms with E-state index in [0.717, 1.165) is 62.6 Å². The van der Waals surface area contributed by atoms with E-state index in [2.05, 4.69) is 66.6 Å². The Morgan fingerprint density at radius 1 is 1.00 bits per heavy atom. The topological polar surface area (TPSA) is 111 Å². The lowest BCUT2D eigenvalue weighted by Gasteiger charge is -2.39. The molecule has 3 saturated heterocycles. The average molecular weight is 614 g/mol. The molecule has 3 amide bonds. The summed E-state index contributed by atoms with van der Waals surface area (Å²) in [4.78, 5) is 45.6. The van der Waals surface area contributed by atoms with Crippen molar-refractivity contribution >= 4 is 40.7 Å². The number of fused-ring (bicyclic) bond motifs is 1. The van der Waals surface area contributed by atoms with Crippen molar-refractivity contribution in [1.82, 2.24) is 34.9 Å². The van der Waals surface area contributed by atoms with Crippen molar-refractivity contribution in [2.24, 2.45) is 0 Å². The first-order valence-electron chi connectivity index (χ1n) is 15.2. The minimum atomic E-state index is -0.347. The number of halogens is 1. The molecule has 6 heterocycles. The number of imidazole rings is 1. The fourth-order valence-corrected chi connectivity index (χ4v) is 7.12. The number of carbonyl (C=O) groups is 2. The third-order valence-electron chi connectivity index (χ3n) is 9.48. The summed E-state index contributed by atoms with van der Waals surface area (Å²) in [7, 11) is 0. The highest BCUT2D eigenvalue weighted by atomic mass is 35.5. The number of nitrogens with zero attached hydrogens (tertiary/aromatic N) is 7. The molecule has 3 aliphatic rings. The number of rotatable bonds is 7. The second-order valence-electron chi connectivity index (χ2n) is 12.4. The number of hydrogen-bond acceptors (Lipinski definition) is 7. The minimum absolute atomic E-state index is 0.0490. The maximum Gasteiger partial charge on any atom is 0.318 e. The van der Waals surface area contributed by atoms with Crippen molar-refractivity contribution < 1.29 is 9.59 Å². The van der Waals surface area contributed by atoms with E-state index in [1.807, 2.05) is 28.9 Å². The molecule has 1 aromatic carbocycles. The van der Waals surface area contributed by atoms with Crippen molar-refractivity contribution in [3.05, 3.63) is 83.7 Å². The summed E-state index contributed by atoms with van der Waals surface area (Å²) in [5, 5.41) is 6.44. The van der Waals surface area contributed by atoms with Gasteiger partial charge in [0.15, 0.2) is 11.5 Å². The van der Waals surface area contributed by atoms with Gasteiger partial charge in [-0.1, -0.05) is 48.9 Å². The predicted octanol–water partition coefficient (Wildman–Crippen LogP) is 3.74. The summed E-state index contributed by atoms with van der Waals surface area (Å²) in [5.41, 5.74) is 3.02. The lowest BCUT2D eigenvalue weighted by molar-refractivity contribution is 0.0945. The zero-order chi connectivity index (χ0) is 30.3. The SMILES string of the molecule is CC1(c2ccccc2)CCN(c2cnc(C(=O)NCCN3CC4(CCN(c5nccn6ccnc56)CC4)NC3=O)c(Cl)c2)C1. The molecule has 3 fully saturated rings. The normalized spacial score (nSPS) is 21.3. The van der Waals surface area contributed by atoms with Crippen LogP contribution in [0.3, 0.4) is 0 Å². The molecule has 4 aromatic rings. The number of urea groups is 1. The van der Waals surface area contributed by atoms with Crippen LogP contribution in [-0.4, -0.2) is 87.5 Å². The van der Waals surface area contributed by atoms with Gasteiger partial charge in [0, 0.05) is 76.0 Å². The standard InChI is InChI=1S/C32H36ClN9O2/c1-31(23-5-3-2-4-6-23)7-13-41(21-31)24-19-25(33)26(37-20-24)29(43)36-12-18-42-22-32(38-30(42)44)8-14-39(15-9-32)27-28-35-11-17-40(28)16-10-34-27/h2-6,10-11,16-17,19-20H,7-9,12-15,18,21-22H2,1H3,(H,36,43)(H,38,44). The molecule has 12 heteroatoms. The van der Waals surface area contributed by atoms with Crippen LogP contribution in [0.2, 0.25) is 5.02 Å². The number of benzene rings is 1. The Morgan fingerprint density at radius 2 is 1.75 bits per heavy atom. The highest BCUT2D eigenvalue weighted by Gasteiger charge is 2.44. The van der Waals surface area contributed by atoms with Gasteiger partial charge in [-0.15, -0.1) is 0 Å². The number of piperidine rings is 1. The number of aromatic nitrogens is 4. The number of anilines is 2. The third kappa shape index (κ3) is 5.29. The molecule has 1 unspecified atom stereocenters. The van der Waals surface area contributed by atoms with Gasteiger partial charge in [-0.2, -0.15) is 0 Å². The Labute approximate surface area is 261 Å². The van der Waals surface area contributed by atoms with Crippen LogP contribution in [0.5, 0.6) is 0 Å². The smallest absolute Gasteiger partial charge is 0.318 e. The van der Waals surface area contributed by atoms with E-state index in [9.17, 15) is 9.59 Å². The van der Waals surface area contributed by atoms with Crippen LogP contribution in [-0.2, 0) is 5.41 Å². The monoisotopic (exact) mass is 613 g/mol. The Balaban J connectivity index is 0.910. The van der Waals surface area contributed by atoms with Gasteiger partial charge in [-0.3, -0.25) is 4.79 Å². The zero-order valence-electron chi connectivity index (χ0n) is 24.7. The summed E-state index contributed by atoms with van der Waals surface area (Å²) in [6, 6.07) is 12.3. The number of amides is 3. The van der Waals surface area contributed by atoms with Crippen molar-refractivity contribution in [3.63, 3.8) is 0 Å². The van der Waals surface area contributed by atoms with Crippen LogP contribution in [0.4, 0.5) is 16.3 Å². The lowest BCUT2D eigenvalue weighted by atomic mass is 9.82. The van der Waals surface area contributed by atoms with E-state index in [4.69, 9.17) is 11.6 Å². The molecule has 11 nitrogen and oxygen atoms in total. The minimum Gasteiger partial charge on any atom is -0.369 e. The number of nitrogens with one attached hydrogen (secondary N) is 2. The molecule has 228 valence electrons. The van der Waals surface area contributed by atoms with Crippen LogP contribution < -0.4 is 20.4 Å². The second kappa shape index (κ2) is 11.3. The molecule has 3 aromatic heterocycles. The van der Waals surface area contributed by atoms with E-state index >= 15 is 0 Å². The maximum atomic E-state index is 13.0. The van der Waals surface area contributed by atoms with Crippen LogP contribution in [0.1, 0.15) is 42.2 Å². The lowest BCUT2D eigenvalue weighted by Crippen LogP contribution is -2.52. The van der Waals surface area contributed by atoms with Gasteiger partial charge in [0.25, 0.3) is 5.91 Å². The van der Waals surface area contributed by atoms with Crippen molar-refractivity contribution in [3.8, 4) is 0 Å². The summed E-state index contributed by atoms with van der Waals surface area (Å²) >= 11 is 6.56. The predicted molar refractivity (Wildman–Crippen MR) is 169 cm³/mol. The fraction of sp³-hybridized carbons (Fsp3) is 0.406. The van der Waals surface area contributed by atoms with Gasteiger partial charge < -0.3 is 29.7 Å². The molecule has 44 heavy (non-hydrogen) atoms. The van der Waals surface area contributed by atoms with E-state index in [1.165, 1.54) is 5.56 Å². The third-order valence-corrected chi connectivity index (χ3v) is 9.77. The van der Waals surface area contributed by atoms with Gasteiger partial charge in [0.05, 0.1) is 22.4 Å². The quantitative estimate of drug-likeness (QED) is 0.327. The molecule has 2 N–H and O–H groups in total. The average Bonchev–Trinajstić information content (AvgIpc) is 3.76. The first-order valence-corrected chi connectivity index (χ1v) is 15.5. The highest BCUT2D eigenvalue weighted by Crippen LogP contribution is 2.37. The number of pyridine rings is 1. The molecule has 0 saturated carbocycles. The Hall–Kier alpha value is -4.38. The van der Waals surface area contributed by atoms with Crippen LogP contribution >= 0.6 is 11.6 Å². The van der Waals surface area contributed by atoms with Gasteiger partial charge in [-0.25, -0.2) is 19.7 Å². The van der Waals surface area contributed by atoms with Crippen molar-refractivity contribution in [2.45, 2.75) is 37.1 Å². The highest BCUT2D eigenvalue weighted by molar-refractivity contribution is 6.33. The number of carbonyl (C=O) groups excluding carboxylic acids is 2. The fourth-order valence-electron chi connectivity index (χ4n) is 6.87. The molecule has 1 atom stereocenters. The Bertz CT molecular complexity index is 1690. The van der Waals surface area contributed by atoms with Crippen LogP contribution in [0.25, 0.3) is 5.65 Å². The maximum absolute atomic E-state index is 13.0. The molecular formula is C32H36ClN9O2. The summed E-state index contributed by atoms with van der Waals surface area (Å²) in [6.07, 6.45) is 11.7. The molecular weight excluding hydrogens is 578 g/mol. The van der Waals surface area contributed by atoms with E-state index in [-0.39, 0.29) is 28.6 Å². The van der Waals surface area contributed by atoms with E-state index in [0.29, 0.717) is 24.7 Å². The molecule has 3 aliphatic heterocycles. The van der Waals surface area contributed by atoms with Crippen LogP contribution in [0.15, 0.2) is 67.4 Å². The Kier molecular flexibility index (Phi) is 7.28. The second-order valence-corrected chi connectivity index (χ2v) is 12.8. The molecule has 0 radical (unpaired) electrons. The summed E-state index contributed by atoms with van der Waals surface area (Å²) in [6.45, 7) is 6.88. The van der Waals surface area contributed by atoms with Crippen molar-refractivity contribution in [2.75, 3.05) is 55.6 Å². The van der Waals surface area contributed by atoms with Gasteiger partial charge in [-0.05, 0) is 30.9 Å². The molecule has 0 aliphatic carbocycles. The summed E-state index contributed by atoms with van der Waals surface area (Å²) < 4.78 is 1.96. The van der Waals surface area contributed by atoms with E-state index in [1.54, 1.807) is 23.5 Å². The van der Waals surface area contributed by atoms with Crippen molar-refractivity contribution in [1.29, 1.82) is 0 Å². The zero-order valence-corrected chi connectivity index (χ0v) is 25.5. The van der Waals surface area contributed by atoms with E-state index < -0.39 is 0 Å². The largest absolute Gasteiger partial charge is 0.369 e. The van der Waals surface area contributed by atoms with Crippen LogP contribution in [0, 0.1) is 0 Å². The first kappa shape index (κ1) is 28.4. The number of hydrogen-bond donors (Lipinski definition) is 2. The summed E-state index contributed by atoms with van der Waals surface area (Å²) in [5.74, 6) is 0.517. The Morgan fingerprint density at radius 3 is 2.52 bits per heavy atom. The van der Waals surface area contributed by atoms with Gasteiger partial charge in [0.1, 0.15) is 5.69 Å². The first-order chi connectivity index (χ1) is 21.3. The molecule has 0 bridgehead atoms. The van der Waals surface area contributed by atoms with Gasteiger partial charge >= 0.3 is 6.03 Å². The van der Waals surface area contributed by atoms with Gasteiger partial charge in [0.2, 0.25) is 0 Å². The molecule has 7 rings (SSSR count).